The van der Waals surface area contributed by atoms with Gasteiger partial charge in [-0.2, -0.15) is 0 Å². The highest BCUT2D eigenvalue weighted by atomic mass is 35.5. The summed E-state index contributed by atoms with van der Waals surface area (Å²) in [5.74, 6) is -0.248. The first-order chi connectivity index (χ1) is 14.3. The third kappa shape index (κ3) is 7.18. The lowest BCUT2D eigenvalue weighted by Gasteiger charge is -2.29. The summed E-state index contributed by atoms with van der Waals surface area (Å²) in [5.41, 5.74) is 1.24. The van der Waals surface area contributed by atoms with Gasteiger partial charge in [0.15, 0.2) is 0 Å². The van der Waals surface area contributed by atoms with E-state index in [2.05, 4.69) is 5.32 Å². The Bertz CT molecular complexity index is 882. The van der Waals surface area contributed by atoms with Crippen LogP contribution < -0.4 is 5.32 Å². The maximum atomic E-state index is 14.2. The van der Waals surface area contributed by atoms with Gasteiger partial charge in [-0.05, 0) is 37.1 Å². The van der Waals surface area contributed by atoms with Gasteiger partial charge in [-0.15, -0.1) is 11.8 Å². The monoisotopic (exact) mass is 470 g/mol. The van der Waals surface area contributed by atoms with Crippen molar-refractivity contribution in [3.8, 4) is 0 Å². The summed E-state index contributed by atoms with van der Waals surface area (Å²) in [7, 11) is 0. The molecule has 0 saturated heterocycles. The van der Waals surface area contributed by atoms with Gasteiger partial charge >= 0.3 is 0 Å². The summed E-state index contributed by atoms with van der Waals surface area (Å²) in [5, 5.41) is 3.89. The van der Waals surface area contributed by atoms with Gasteiger partial charge in [0.25, 0.3) is 0 Å². The molecule has 0 bridgehead atoms. The van der Waals surface area contributed by atoms with E-state index in [9.17, 15) is 14.0 Å². The molecule has 0 aliphatic rings. The van der Waals surface area contributed by atoms with Gasteiger partial charge < -0.3 is 10.2 Å². The number of halogens is 3. The van der Waals surface area contributed by atoms with E-state index in [1.807, 2.05) is 13.0 Å². The van der Waals surface area contributed by atoms with Crippen molar-refractivity contribution in [1.29, 1.82) is 0 Å². The molecule has 1 N–H and O–H groups in total. The standard InChI is InChI=1S/C22H25Cl2FN2O2S/c1-3-10-26-22(29)15(2)27(12-16-6-4-5-7-20(16)25)21(28)14-30-13-17-8-9-18(23)11-19(17)24/h4-9,11,15H,3,10,12-14H2,1-2H3,(H,26,29)/t15-/m0/s1. The molecule has 0 aliphatic carbocycles. The van der Waals surface area contributed by atoms with E-state index in [1.165, 1.54) is 22.7 Å². The van der Waals surface area contributed by atoms with E-state index in [0.717, 1.165) is 12.0 Å². The molecule has 0 spiro atoms. The molecular weight excluding hydrogens is 446 g/mol. The van der Waals surface area contributed by atoms with Crippen LogP contribution in [-0.2, 0) is 21.9 Å². The van der Waals surface area contributed by atoms with Gasteiger partial charge in [-0.1, -0.05) is 54.4 Å². The van der Waals surface area contributed by atoms with E-state index in [0.29, 0.717) is 27.9 Å². The maximum absolute atomic E-state index is 14.2. The van der Waals surface area contributed by atoms with Gasteiger partial charge in [-0.3, -0.25) is 9.59 Å². The molecule has 0 unspecified atom stereocenters. The third-order valence-corrected chi connectivity index (χ3v) is 6.07. The molecule has 4 nitrogen and oxygen atoms in total. The second kappa shape index (κ2) is 12.2. The van der Waals surface area contributed by atoms with Crippen LogP contribution in [0, 0.1) is 5.82 Å². The summed E-state index contributed by atoms with van der Waals surface area (Å²) in [6.45, 7) is 4.15. The second-order valence-electron chi connectivity index (χ2n) is 6.81. The molecule has 0 radical (unpaired) electrons. The number of nitrogens with one attached hydrogen (secondary N) is 1. The lowest BCUT2D eigenvalue weighted by atomic mass is 10.1. The lowest BCUT2D eigenvalue weighted by Crippen LogP contribution is -2.48. The van der Waals surface area contributed by atoms with E-state index in [4.69, 9.17) is 23.2 Å². The molecule has 2 aromatic carbocycles. The van der Waals surface area contributed by atoms with Gasteiger partial charge in [0.2, 0.25) is 11.8 Å². The fourth-order valence-corrected chi connectivity index (χ4v) is 4.23. The molecular formula is C22H25Cl2FN2O2S. The SMILES string of the molecule is CCCNC(=O)[C@H](C)N(Cc1ccccc1F)C(=O)CSCc1ccc(Cl)cc1Cl. The number of carbonyl (C=O) groups is 2. The van der Waals surface area contributed by atoms with E-state index in [1.54, 1.807) is 37.3 Å². The van der Waals surface area contributed by atoms with Gasteiger partial charge in [0.1, 0.15) is 11.9 Å². The third-order valence-electron chi connectivity index (χ3n) is 4.51. The normalized spacial score (nSPS) is 11.8. The van der Waals surface area contributed by atoms with Crippen molar-refractivity contribution in [3.05, 3.63) is 69.5 Å². The van der Waals surface area contributed by atoms with E-state index >= 15 is 0 Å². The summed E-state index contributed by atoms with van der Waals surface area (Å²) < 4.78 is 14.2. The Morgan fingerprint density at radius 3 is 2.57 bits per heavy atom. The highest BCUT2D eigenvalue weighted by Crippen LogP contribution is 2.25. The Balaban J connectivity index is 2.08. The predicted molar refractivity (Wildman–Crippen MR) is 122 cm³/mol. The van der Waals surface area contributed by atoms with Gasteiger partial charge in [0, 0.05) is 34.5 Å². The minimum atomic E-state index is -0.719. The largest absolute Gasteiger partial charge is 0.354 e. The number of amides is 2. The topological polar surface area (TPSA) is 49.4 Å². The number of carbonyl (C=O) groups excluding carboxylic acids is 2. The highest BCUT2D eigenvalue weighted by molar-refractivity contribution is 7.99. The Morgan fingerprint density at radius 2 is 1.90 bits per heavy atom. The minimum absolute atomic E-state index is 0.0223. The quantitative estimate of drug-likeness (QED) is 0.511. The van der Waals surface area contributed by atoms with Crippen LogP contribution in [0.25, 0.3) is 0 Å². The van der Waals surface area contributed by atoms with Crippen LogP contribution in [0.4, 0.5) is 4.39 Å². The molecule has 1 atom stereocenters. The van der Waals surface area contributed by atoms with Gasteiger partial charge in [0.05, 0.1) is 5.75 Å². The van der Waals surface area contributed by atoms with Crippen molar-refractivity contribution in [1.82, 2.24) is 10.2 Å². The predicted octanol–water partition coefficient (Wildman–Crippen LogP) is 5.31. The molecule has 2 aromatic rings. The van der Waals surface area contributed by atoms with Crippen LogP contribution in [0.1, 0.15) is 31.4 Å². The Hall–Kier alpha value is -1.76. The number of hydrogen-bond acceptors (Lipinski definition) is 3. The smallest absolute Gasteiger partial charge is 0.242 e. The van der Waals surface area contributed by atoms with Crippen LogP contribution in [0.5, 0.6) is 0 Å². The fraction of sp³-hybridized carbons (Fsp3) is 0.364. The molecule has 0 fully saturated rings. The number of benzene rings is 2. The number of nitrogens with zero attached hydrogens (tertiary/aromatic N) is 1. The molecule has 8 heteroatoms. The van der Waals surface area contributed by atoms with Crippen molar-refractivity contribution in [2.24, 2.45) is 0 Å². The van der Waals surface area contributed by atoms with Crippen molar-refractivity contribution in [2.45, 2.75) is 38.6 Å². The van der Waals surface area contributed by atoms with E-state index in [-0.39, 0.29) is 24.1 Å². The zero-order valence-corrected chi connectivity index (χ0v) is 19.3. The maximum Gasteiger partial charge on any atom is 0.242 e. The first-order valence-corrected chi connectivity index (χ1v) is 11.6. The van der Waals surface area contributed by atoms with Crippen molar-refractivity contribution >= 4 is 46.8 Å². The molecule has 162 valence electrons. The van der Waals surface area contributed by atoms with Crippen molar-refractivity contribution in [2.75, 3.05) is 12.3 Å². The zero-order valence-electron chi connectivity index (χ0n) is 17.0. The first kappa shape index (κ1) is 24.5. The molecule has 0 heterocycles. The molecule has 0 aliphatic heterocycles. The van der Waals surface area contributed by atoms with Crippen LogP contribution in [0.15, 0.2) is 42.5 Å². The fourth-order valence-electron chi connectivity index (χ4n) is 2.76. The lowest BCUT2D eigenvalue weighted by molar-refractivity contribution is -0.138. The molecule has 0 aromatic heterocycles. The second-order valence-corrected chi connectivity index (χ2v) is 8.64. The first-order valence-electron chi connectivity index (χ1n) is 9.65. The Kier molecular flexibility index (Phi) is 9.95. The van der Waals surface area contributed by atoms with Crippen LogP contribution in [0.3, 0.4) is 0 Å². The Labute approximate surface area is 191 Å². The van der Waals surface area contributed by atoms with Crippen LogP contribution in [-0.4, -0.2) is 35.1 Å². The molecule has 2 amide bonds. The van der Waals surface area contributed by atoms with Crippen molar-refractivity contribution < 1.29 is 14.0 Å². The zero-order chi connectivity index (χ0) is 22.1. The summed E-state index contributed by atoms with van der Waals surface area (Å²) >= 11 is 13.5. The molecule has 30 heavy (non-hydrogen) atoms. The van der Waals surface area contributed by atoms with Crippen LogP contribution >= 0.6 is 35.0 Å². The highest BCUT2D eigenvalue weighted by Gasteiger charge is 2.26. The van der Waals surface area contributed by atoms with Crippen molar-refractivity contribution in [3.63, 3.8) is 0 Å². The van der Waals surface area contributed by atoms with E-state index < -0.39 is 11.9 Å². The average Bonchev–Trinajstić information content (AvgIpc) is 2.72. The molecule has 2 rings (SSSR count). The average molecular weight is 471 g/mol. The summed E-state index contributed by atoms with van der Waals surface area (Å²) in [6, 6.07) is 10.8. The van der Waals surface area contributed by atoms with Gasteiger partial charge in [-0.25, -0.2) is 4.39 Å². The Morgan fingerprint density at radius 1 is 1.17 bits per heavy atom. The number of hydrogen-bond donors (Lipinski definition) is 1. The number of thioether (sulfide) groups is 1. The summed E-state index contributed by atoms with van der Waals surface area (Å²) in [4.78, 5) is 26.8. The van der Waals surface area contributed by atoms with Crippen LogP contribution in [0.2, 0.25) is 10.0 Å². The summed E-state index contributed by atoms with van der Waals surface area (Å²) in [6.07, 6.45) is 0.789. The number of rotatable bonds is 10. The minimum Gasteiger partial charge on any atom is -0.354 e. The molecule has 0 saturated carbocycles.